The number of hydrogen-bond donors (Lipinski definition) is 1. The van der Waals surface area contributed by atoms with Crippen LogP contribution in [0.1, 0.15) is 11.1 Å². The number of halogens is 1. The smallest absolute Gasteiger partial charge is 0.248 e. The Hall–Kier alpha value is -3.67. The van der Waals surface area contributed by atoms with Crippen LogP contribution in [0.4, 0.5) is 10.1 Å². The van der Waals surface area contributed by atoms with E-state index in [4.69, 9.17) is 9.47 Å². The summed E-state index contributed by atoms with van der Waals surface area (Å²) in [5.74, 6) is 0.206. The molecular weight excluding hydrogens is 359 g/mol. The van der Waals surface area contributed by atoms with Crippen molar-refractivity contribution in [3.8, 4) is 17.2 Å². The maximum absolute atomic E-state index is 14.3. The number of nitrogens with zero attached hydrogens (tertiary/aromatic N) is 1. The third-order valence-corrected chi connectivity index (χ3v) is 3.86. The average Bonchev–Trinajstić information content (AvgIpc) is 2.69. The predicted molar refractivity (Wildman–Crippen MR) is 106 cm³/mol. The molecule has 2 aromatic carbocycles. The van der Waals surface area contributed by atoms with E-state index in [1.165, 1.54) is 37.6 Å². The number of benzene rings is 2. The molecule has 6 heteroatoms. The average molecular weight is 378 g/mol. The van der Waals surface area contributed by atoms with Crippen LogP contribution in [-0.4, -0.2) is 18.0 Å². The van der Waals surface area contributed by atoms with Crippen LogP contribution in [0.5, 0.6) is 17.2 Å². The Morgan fingerprint density at radius 1 is 1.14 bits per heavy atom. The number of carbonyl (C=O) groups excluding carboxylic acids is 1. The lowest BCUT2D eigenvalue weighted by atomic mass is 10.2. The molecule has 3 rings (SSSR count). The van der Waals surface area contributed by atoms with Crippen molar-refractivity contribution in [2.24, 2.45) is 0 Å². The third-order valence-electron chi connectivity index (χ3n) is 3.86. The molecule has 0 saturated carbocycles. The number of aryl methyl sites for hydroxylation is 1. The van der Waals surface area contributed by atoms with E-state index in [1.54, 1.807) is 30.5 Å². The van der Waals surface area contributed by atoms with Crippen LogP contribution in [0.25, 0.3) is 6.08 Å². The molecule has 28 heavy (non-hydrogen) atoms. The van der Waals surface area contributed by atoms with Crippen molar-refractivity contribution < 1.29 is 18.7 Å². The molecule has 0 bridgehead atoms. The topological polar surface area (TPSA) is 60.5 Å². The minimum Gasteiger partial charge on any atom is -0.495 e. The highest BCUT2D eigenvalue weighted by atomic mass is 19.1. The van der Waals surface area contributed by atoms with Gasteiger partial charge in [0.1, 0.15) is 11.5 Å². The number of pyridine rings is 1. The van der Waals surface area contributed by atoms with Crippen LogP contribution >= 0.6 is 0 Å². The molecule has 0 atom stereocenters. The first-order valence-electron chi connectivity index (χ1n) is 8.56. The first-order valence-corrected chi connectivity index (χ1v) is 8.56. The number of anilines is 1. The van der Waals surface area contributed by atoms with Crippen LogP contribution in [-0.2, 0) is 4.79 Å². The molecule has 0 unspecified atom stereocenters. The van der Waals surface area contributed by atoms with Crippen LogP contribution < -0.4 is 14.8 Å². The minimum absolute atomic E-state index is 0.0825. The van der Waals surface area contributed by atoms with E-state index in [9.17, 15) is 9.18 Å². The molecule has 5 nitrogen and oxygen atoms in total. The number of carbonyl (C=O) groups is 1. The number of ether oxygens (including phenoxy) is 2. The van der Waals surface area contributed by atoms with Gasteiger partial charge in [0.2, 0.25) is 5.91 Å². The molecule has 1 N–H and O–H groups in total. The van der Waals surface area contributed by atoms with Crippen LogP contribution in [0.3, 0.4) is 0 Å². The molecular formula is C22H19FN2O3. The van der Waals surface area contributed by atoms with Gasteiger partial charge in [0, 0.05) is 12.3 Å². The van der Waals surface area contributed by atoms with Gasteiger partial charge in [0.25, 0.3) is 0 Å². The number of rotatable bonds is 6. The normalized spacial score (nSPS) is 10.7. The highest BCUT2D eigenvalue weighted by molar-refractivity contribution is 6.02. The Morgan fingerprint density at radius 3 is 2.68 bits per heavy atom. The molecule has 0 aliphatic heterocycles. The van der Waals surface area contributed by atoms with E-state index in [0.717, 1.165) is 5.56 Å². The van der Waals surface area contributed by atoms with Gasteiger partial charge in [-0.3, -0.25) is 9.78 Å². The molecule has 1 amide bonds. The summed E-state index contributed by atoms with van der Waals surface area (Å²) in [7, 11) is 1.54. The Morgan fingerprint density at radius 2 is 1.96 bits per heavy atom. The standard InChI is InChI=1S/C22H19FN2O3/c1-15-5-8-21(27-2)19(12-15)25-22(26)10-7-16-6-9-20(18(23)13-16)28-17-4-3-11-24-14-17/h3-14H,1-2H3,(H,25,26)/b10-7+. The van der Waals surface area contributed by atoms with Gasteiger partial charge < -0.3 is 14.8 Å². The lowest BCUT2D eigenvalue weighted by Gasteiger charge is -2.09. The third kappa shape index (κ3) is 4.94. The summed E-state index contributed by atoms with van der Waals surface area (Å²) in [6.07, 6.45) is 5.96. The maximum Gasteiger partial charge on any atom is 0.248 e. The van der Waals surface area contributed by atoms with Crippen molar-refractivity contribution in [2.75, 3.05) is 12.4 Å². The molecule has 0 saturated heterocycles. The van der Waals surface area contributed by atoms with Gasteiger partial charge >= 0.3 is 0 Å². The number of hydrogen-bond acceptors (Lipinski definition) is 4. The molecule has 142 valence electrons. The van der Waals surface area contributed by atoms with Crippen LogP contribution in [0.15, 0.2) is 67.0 Å². The molecule has 3 aromatic rings. The second-order valence-electron chi connectivity index (χ2n) is 6.01. The number of nitrogens with one attached hydrogen (secondary N) is 1. The Kier molecular flexibility index (Phi) is 6.01. The zero-order valence-electron chi connectivity index (χ0n) is 15.5. The van der Waals surface area contributed by atoms with Gasteiger partial charge in [0.15, 0.2) is 11.6 Å². The second-order valence-corrected chi connectivity index (χ2v) is 6.01. The highest BCUT2D eigenvalue weighted by Crippen LogP contribution is 2.26. The molecule has 0 aliphatic carbocycles. The van der Waals surface area contributed by atoms with Crippen molar-refractivity contribution in [2.45, 2.75) is 6.92 Å². The summed E-state index contributed by atoms with van der Waals surface area (Å²) >= 11 is 0. The van der Waals surface area contributed by atoms with E-state index in [1.807, 2.05) is 19.1 Å². The fraction of sp³-hybridized carbons (Fsp3) is 0.0909. The van der Waals surface area contributed by atoms with Crippen LogP contribution in [0.2, 0.25) is 0 Å². The van der Waals surface area contributed by atoms with Gasteiger partial charge in [-0.15, -0.1) is 0 Å². The van der Waals surface area contributed by atoms with Gasteiger partial charge in [-0.25, -0.2) is 4.39 Å². The summed E-state index contributed by atoms with van der Waals surface area (Å²) in [6.45, 7) is 1.92. The first-order chi connectivity index (χ1) is 13.5. The Labute approximate surface area is 162 Å². The van der Waals surface area contributed by atoms with E-state index in [0.29, 0.717) is 22.7 Å². The second kappa shape index (κ2) is 8.81. The van der Waals surface area contributed by atoms with Gasteiger partial charge in [0.05, 0.1) is 19.0 Å². The summed E-state index contributed by atoms with van der Waals surface area (Å²) in [5.41, 5.74) is 2.09. The van der Waals surface area contributed by atoms with Crippen molar-refractivity contribution in [1.82, 2.24) is 4.98 Å². The molecule has 0 radical (unpaired) electrons. The summed E-state index contributed by atoms with van der Waals surface area (Å²) in [6, 6.07) is 13.3. The summed E-state index contributed by atoms with van der Waals surface area (Å²) in [4.78, 5) is 16.1. The predicted octanol–water partition coefficient (Wildman–Crippen LogP) is 4.98. The first kappa shape index (κ1) is 19.1. The number of methoxy groups -OCH3 is 1. The monoisotopic (exact) mass is 378 g/mol. The SMILES string of the molecule is COc1ccc(C)cc1NC(=O)/C=C/c1ccc(Oc2cccnc2)c(F)c1. The highest BCUT2D eigenvalue weighted by Gasteiger charge is 2.07. The molecule has 0 fully saturated rings. The fourth-order valence-electron chi connectivity index (χ4n) is 2.50. The lowest BCUT2D eigenvalue weighted by molar-refractivity contribution is -0.111. The molecule has 1 heterocycles. The quantitative estimate of drug-likeness (QED) is 0.615. The van der Waals surface area contributed by atoms with E-state index in [-0.39, 0.29) is 11.7 Å². The summed E-state index contributed by atoms with van der Waals surface area (Å²) < 4.78 is 24.9. The number of aromatic nitrogens is 1. The lowest BCUT2D eigenvalue weighted by Crippen LogP contribution is -2.09. The zero-order valence-corrected chi connectivity index (χ0v) is 15.5. The van der Waals surface area contributed by atoms with E-state index >= 15 is 0 Å². The van der Waals surface area contributed by atoms with Gasteiger partial charge in [-0.2, -0.15) is 0 Å². The van der Waals surface area contributed by atoms with Crippen molar-refractivity contribution in [3.63, 3.8) is 0 Å². The molecule has 0 aliphatic rings. The number of amides is 1. The van der Waals surface area contributed by atoms with E-state index < -0.39 is 5.82 Å². The van der Waals surface area contributed by atoms with Crippen LogP contribution in [0, 0.1) is 12.7 Å². The van der Waals surface area contributed by atoms with Crippen molar-refractivity contribution in [1.29, 1.82) is 0 Å². The Bertz CT molecular complexity index is 1000. The zero-order chi connectivity index (χ0) is 19.9. The van der Waals surface area contributed by atoms with Crippen molar-refractivity contribution in [3.05, 3.63) is 83.9 Å². The van der Waals surface area contributed by atoms with Crippen molar-refractivity contribution >= 4 is 17.7 Å². The van der Waals surface area contributed by atoms with Gasteiger partial charge in [-0.05, 0) is 60.5 Å². The largest absolute Gasteiger partial charge is 0.495 e. The molecule has 1 aromatic heterocycles. The van der Waals surface area contributed by atoms with Gasteiger partial charge in [-0.1, -0.05) is 12.1 Å². The fourth-order valence-corrected chi connectivity index (χ4v) is 2.50. The molecule has 0 spiro atoms. The minimum atomic E-state index is -0.535. The maximum atomic E-state index is 14.3. The summed E-state index contributed by atoms with van der Waals surface area (Å²) in [5, 5.41) is 2.76. The van der Waals surface area contributed by atoms with E-state index in [2.05, 4.69) is 10.3 Å². The Balaban J connectivity index is 1.68.